The molecule has 1 fully saturated rings. The molecule has 4 rings (SSSR count). The molecule has 8 nitrogen and oxygen atoms in total. The van der Waals surface area contributed by atoms with Crippen molar-refractivity contribution >= 4 is 21.6 Å². The van der Waals surface area contributed by atoms with Crippen molar-refractivity contribution < 1.29 is 27.4 Å². The molecule has 9 heteroatoms. The standard InChI is InChI=1S/C26H28N2O6S/c1-19(2)33-22-10-8-20(9-11-22)26(29)27-24-18-23(35(30,31)28-14-16-32-17-15-28)12-13-25(24)34-21-6-4-3-5-7-21/h3-13,18-19H,14-17H2,1-2H3,(H,27,29). The van der Waals surface area contributed by atoms with Gasteiger partial charge in [-0.25, -0.2) is 8.42 Å². The Bertz CT molecular complexity index is 1250. The van der Waals surface area contributed by atoms with Crippen LogP contribution < -0.4 is 14.8 Å². The van der Waals surface area contributed by atoms with Gasteiger partial charge in [-0.3, -0.25) is 4.79 Å². The quantitative estimate of drug-likeness (QED) is 0.492. The van der Waals surface area contributed by atoms with Gasteiger partial charge in [0.25, 0.3) is 5.91 Å². The van der Waals surface area contributed by atoms with Crippen LogP contribution in [0.5, 0.6) is 17.2 Å². The summed E-state index contributed by atoms with van der Waals surface area (Å²) in [5.74, 6) is 1.13. The molecule has 0 bridgehead atoms. The number of anilines is 1. The minimum Gasteiger partial charge on any atom is -0.491 e. The number of rotatable bonds is 8. The van der Waals surface area contributed by atoms with Gasteiger partial charge in [0.15, 0.2) is 5.75 Å². The fraction of sp³-hybridized carbons (Fsp3) is 0.269. The molecule has 0 spiro atoms. The van der Waals surface area contributed by atoms with Gasteiger partial charge in [-0.15, -0.1) is 0 Å². The first-order chi connectivity index (χ1) is 16.8. The van der Waals surface area contributed by atoms with E-state index in [2.05, 4.69) is 5.32 Å². The van der Waals surface area contributed by atoms with Crippen molar-refractivity contribution in [1.29, 1.82) is 0 Å². The fourth-order valence-corrected chi connectivity index (χ4v) is 4.99. The third-order valence-electron chi connectivity index (χ3n) is 5.27. The average Bonchev–Trinajstić information content (AvgIpc) is 2.86. The second-order valence-corrected chi connectivity index (χ2v) is 10.2. The molecule has 0 aliphatic carbocycles. The van der Waals surface area contributed by atoms with E-state index in [0.29, 0.717) is 36.0 Å². The van der Waals surface area contributed by atoms with Crippen LogP contribution in [0.3, 0.4) is 0 Å². The molecule has 1 heterocycles. The number of para-hydroxylation sites is 1. The molecule has 0 atom stereocenters. The smallest absolute Gasteiger partial charge is 0.255 e. The Kier molecular flexibility index (Phi) is 7.70. The van der Waals surface area contributed by atoms with Crippen molar-refractivity contribution in [2.75, 3.05) is 31.6 Å². The summed E-state index contributed by atoms with van der Waals surface area (Å²) >= 11 is 0. The number of nitrogens with zero attached hydrogens (tertiary/aromatic N) is 1. The molecule has 0 saturated carbocycles. The van der Waals surface area contributed by atoms with Crippen LogP contribution in [0.1, 0.15) is 24.2 Å². The number of hydrogen-bond acceptors (Lipinski definition) is 6. The van der Waals surface area contributed by atoms with Crippen LogP contribution in [0, 0.1) is 0 Å². The summed E-state index contributed by atoms with van der Waals surface area (Å²) in [4.78, 5) is 13.1. The molecular formula is C26H28N2O6S. The molecule has 1 saturated heterocycles. The second kappa shape index (κ2) is 10.9. The van der Waals surface area contributed by atoms with E-state index >= 15 is 0 Å². The summed E-state index contributed by atoms with van der Waals surface area (Å²) in [5, 5.41) is 2.81. The topological polar surface area (TPSA) is 94.2 Å². The van der Waals surface area contributed by atoms with Crippen LogP contribution in [-0.4, -0.2) is 51.0 Å². The van der Waals surface area contributed by atoms with E-state index in [1.807, 2.05) is 32.0 Å². The Labute approximate surface area is 205 Å². The van der Waals surface area contributed by atoms with Gasteiger partial charge in [0.1, 0.15) is 11.5 Å². The summed E-state index contributed by atoms with van der Waals surface area (Å²) in [6.07, 6.45) is 0.0172. The molecule has 35 heavy (non-hydrogen) atoms. The zero-order chi connectivity index (χ0) is 24.8. The van der Waals surface area contributed by atoms with E-state index in [-0.39, 0.29) is 29.8 Å². The zero-order valence-electron chi connectivity index (χ0n) is 19.6. The zero-order valence-corrected chi connectivity index (χ0v) is 20.5. The number of morpholine rings is 1. The third kappa shape index (κ3) is 6.19. The number of carbonyl (C=O) groups excluding carboxylic acids is 1. The Balaban J connectivity index is 1.63. The molecule has 0 unspecified atom stereocenters. The Morgan fingerprint density at radius 1 is 0.943 bits per heavy atom. The molecule has 1 N–H and O–H groups in total. The number of ether oxygens (including phenoxy) is 3. The van der Waals surface area contributed by atoms with E-state index in [1.165, 1.54) is 16.4 Å². The van der Waals surface area contributed by atoms with Gasteiger partial charge in [-0.05, 0) is 68.4 Å². The minimum absolute atomic E-state index is 0.0172. The van der Waals surface area contributed by atoms with Crippen molar-refractivity contribution in [3.05, 3.63) is 78.4 Å². The molecule has 3 aromatic rings. The summed E-state index contributed by atoms with van der Waals surface area (Å²) in [7, 11) is -3.76. The first kappa shape index (κ1) is 24.7. The Hall–Kier alpha value is -3.40. The SMILES string of the molecule is CC(C)Oc1ccc(C(=O)Nc2cc(S(=O)(=O)N3CCOCC3)ccc2Oc2ccccc2)cc1. The van der Waals surface area contributed by atoms with Gasteiger partial charge in [0.05, 0.1) is 29.9 Å². The van der Waals surface area contributed by atoms with Crippen LogP contribution in [0.4, 0.5) is 5.69 Å². The molecule has 0 aromatic heterocycles. The lowest BCUT2D eigenvalue weighted by atomic mass is 10.2. The van der Waals surface area contributed by atoms with Gasteiger partial charge in [0.2, 0.25) is 10.0 Å². The maximum Gasteiger partial charge on any atom is 0.255 e. The second-order valence-electron chi connectivity index (χ2n) is 8.23. The van der Waals surface area contributed by atoms with Crippen LogP contribution in [0.15, 0.2) is 77.7 Å². The van der Waals surface area contributed by atoms with Crippen LogP contribution >= 0.6 is 0 Å². The fourth-order valence-electron chi connectivity index (χ4n) is 3.56. The number of sulfonamides is 1. The lowest BCUT2D eigenvalue weighted by Gasteiger charge is -2.26. The largest absolute Gasteiger partial charge is 0.491 e. The van der Waals surface area contributed by atoms with Gasteiger partial charge >= 0.3 is 0 Å². The number of hydrogen-bond donors (Lipinski definition) is 1. The van der Waals surface area contributed by atoms with E-state index in [1.54, 1.807) is 42.5 Å². The molecule has 184 valence electrons. The predicted molar refractivity (Wildman–Crippen MR) is 133 cm³/mol. The maximum atomic E-state index is 13.2. The van der Waals surface area contributed by atoms with Gasteiger partial charge in [0, 0.05) is 18.7 Å². The van der Waals surface area contributed by atoms with Gasteiger partial charge in [-0.2, -0.15) is 4.31 Å². The van der Waals surface area contributed by atoms with Crippen molar-refractivity contribution in [1.82, 2.24) is 4.31 Å². The first-order valence-corrected chi connectivity index (χ1v) is 12.8. The summed E-state index contributed by atoms with van der Waals surface area (Å²) in [6.45, 7) is 5.08. The molecule has 3 aromatic carbocycles. The molecule has 1 aliphatic rings. The minimum atomic E-state index is -3.76. The normalized spacial score (nSPS) is 14.5. The lowest BCUT2D eigenvalue weighted by Crippen LogP contribution is -2.40. The maximum absolute atomic E-state index is 13.2. The Morgan fingerprint density at radius 3 is 2.29 bits per heavy atom. The highest BCUT2D eigenvalue weighted by molar-refractivity contribution is 7.89. The molecule has 1 aliphatic heterocycles. The summed E-state index contributed by atoms with van der Waals surface area (Å²) in [5.41, 5.74) is 0.643. The van der Waals surface area contributed by atoms with Crippen molar-refractivity contribution in [3.63, 3.8) is 0 Å². The lowest BCUT2D eigenvalue weighted by molar-refractivity contribution is 0.0730. The number of benzene rings is 3. The van der Waals surface area contributed by atoms with E-state index in [0.717, 1.165) is 0 Å². The van der Waals surface area contributed by atoms with Crippen molar-refractivity contribution in [2.45, 2.75) is 24.8 Å². The van der Waals surface area contributed by atoms with Crippen LogP contribution in [-0.2, 0) is 14.8 Å². The average molecular weight is 497 g/mol. The summed E-state index contributed by atoms with van der Waals surface area (Å²) < 4.78 is 44.6. The number of carbonyl (C=O) groups is 1. The van der Waals surface area contributed by atoms with Crippen molar-refractivity contribution in [3.8, 4) is 17.2 Å². The Morgan fingerprint density at radius 2 is 1.63 bits per heavy atom. The van der Waals surface area contributed by atoms with E-state index in [9.17, 15) is 13.2 Å². The molecule has 0 radical (unpaired) electrons. The van der Waals surface area contributed by atoms with Gasteiger partial charge < -0.3 is 19.5 Å². The van der Waals surface area contributed by atoms with Crippen LogP contribution in [0.2, 0.25) is 0 Å². The highest BCUT2D eigenvalue weighted by Crippen LogP contribution is 2.33. The molecular weight excluding hydrogens is 468 g/mol. The monoisotopic (exact) mass is 496 g/mol. The first-order valence-electron chi connectivity index (χ1n) is 11.4. The molecule has 1 amide bonds. The highest BCUT2D eigenvalue weighted by atomic mass is 32.2. The third-order valence-corrected chi connectivity index (χ3v) is 7.16. The van der Waals surface area contributed by atoms with E-state index < -0.39 is 15.9 Å². The van der Waals surface area contributed by atoms with E-state index in [4.69, 9.17) is 14.2 Å². The number of nitrogens with one attached hydrogen (secondary N) is 1. The van der Waals surface area contributed by atoms with Crippen LogP contribution in [0.25, 0.3) is 0 Å². The predicted octanol–water partition coefficient (Wildman–Crippen LogP) is 4.54. The van der Waals surface area contributed by atoms with Gasteiger partial charge in [-0.1, -0.05) is 18.2 Å². The highest BCUT2D eigenvalue weighted by Gasteiger charge is 2.27. The summed E-state index contributed by atoms with van der Waals surface area (Å²) in [6, 6.07) is 20.3. The number of amides is 1. The van der Waals surface area contributed by atoms with Crippen molar-refractivity contribution in [2.24, 2.45) is 0 Å².